The van der Waals surface area contributed by atoms with Crippen molar-refractivity contribution in [3.63, 3.8) is 0 Å². The van der Waals surface area contributed by atoms with Gasteiger partial charge in [0.05, 0.1) is 37.2 Å². The van der Waals surface area contributed by atoms with Crippen molar-refractivity contribution < 1.29 is 23.0 Å². The van der Waals surface area contributed by atoms with Crippen LogP contribution in [0.5, 0.6) is 6.01 Å². The Labute approximate surface area is 188 Å². The van der Waals surface area contributed by atoms with E-state index in [1.807, 2.05) is 0 Å². The Morgan fingerprint density at radius 2 is 1.91 bits per heavy atom. The van der Waals surface area contributed by atoms with E-state index in [4.69, 9.17) is 9.47 Å². The van der Waals surface area contributed by atoms with E-state index in [2.05, 4.69) is 19.9 Å². The molecule has 0 saturated heterocycles. The van der Waals surface area contributed by atoms with Crippen LogP contribution in [0, 0.1) is 18.6 Å². The van der Waals surface area contributed by atoms with E-state index in [1.54, 1.807) is 25.3 Å². The molecule has 3 aromatic heterocycles. The number of pyridine rings is 1. The topological polar surface area (TPSA) is 92.0 Å². The Kier molecular flexibility index (Phi) is 5.99. The summed E-state index contributed by atoms with van der Waals surface area (Å²) in [4.78, 5) is 29.2. The minimum Gasteiger partial charge on any atom is -0.467 e. The average molecular weight is 453 g/mol. The summed E-state index contributed by atoms with van der Waals surface area (Å²) in [6.45, 7) is 5.18. The standard InChI is InChI=1S/C23H21F2N5O3/c1-12(2)33-22(31)14-5-6-15(18(25)8-14)11-30-20(16-7-17(24)10-26-9-16)28-19-13(3)27-23(32-4)29-21(19)30/h5-10,12H,11H2,1-4H3. The minimum absolute atomic E-state index is 0.00724. The maximum absolute atomic E-state index is 15.0. The number of halogens is 2. The van der Waals surface area contributed by atoms with Crippen molar-refractivity contribution in [3.8, 4) is 17.4 Å². The van der Waals surface area contributed by atoms with Crippen LogP contribution in [0.3, 0.4) is 0 Å². The van der Waals surface area contributed by atoms with Crippen molar-refractivity contribution in [2.75, 3.05) is 7.11 Å². The number of hydrogen-bond acceptors (Lipinski definition) is 7. The number of hydrogen-bond donors (Lipinski definition) is 0. The highest BCUT2D eigenvalue weighted by Gasteiger charge is 2.20. The number of benzene rings is 1. The van der Waals surface area contributed by atoms with Gasteiger partial charge >= 0.3 is 12.0 Å². The molecular formula is C23H21F2N5O3. The highest BCUT2D eigenvalue weighted by atomic mass is 19.1. The van der Waals surface area contributed by atoms with Crippen LogP contribution in [-0.4, -0.2) is 43.7 Å². The molecule has 4 aromatic rings. The predicted octanol–water partition coefficient (Wildman–Crippen LogP) is 4.10. The number of rotatable bonds is 6. The smallest absolute Gasteiger partial charge is 0.338 e. The quantitative estimate of drug-likeness (QED) is 0.406. The van der Waals surface area contributed by atoms with Gasteiger partial charge in [0.25, 0.3) is 0 Å². The summed E-state index contributed by atoms with van der Waals surface area (Å²) in [6.07, 6.45) is 2.22. The SMILES string of the molecule is COc1nc(C)c2nc(-c3cncc(F)c3)n(Cc3ccc(C(=O)OC(C)C)cc3F)c2n1. The highest BCUT2D eigenvalue weighted by Crippen LogP contribution is 2.28. The van der Waals surface area contributed by atoms with Crippen LogP contribution in [0.25, 0.3) is 22.6 Å². The second kappa shape index (κ2) is 8.89. The summed E-state index contributed by atoms with van der Waals surface area (Å²) in [5.41, 5.74) is 2.18. The molecule has 3 heterocycles. The lowest BCUT2D eigenvalue weighted by Gasteiger charge is -2.12. The Bertz CT molecular complexity index is 1350. The number of aryl methyl sites for hydroxylation is 1. The van der Waals surface area contributed by atoms with E-state index in [1.165, 1.54) is 31.5 Å². The van der Waals surface area contributed by atoms with E-state index in [0.717, 1.165) is 12.3 Å². The summed E-state index contributed by atoms with van der Waals surface area (Å²) in [7, 11) is 1.44. The van der Waals surface area contributed by atoms with Crippen LogP contribution in [0.1, 0.15) is 35.5 Å². The van der Waals surface area contributed by atoms with Gasteiger partial charge in [0.15, 0.2) is 5.65 Å². The molecule has 33 heavy (non-hydrogen) atoms. The fourth-order valence-electron chi connectivity index (χ4n) is 3.36. The monoisotopic (exact) mass is 453 g/mol. The summed E-state index contributed by atoms with van der Waals surface area (Å²) in [6, 6.07) is 5.52. The molecule has 10 heteroatoms. The van der Waals surface area contributed by atoms with Crippen LogP contribution in [-0.2, 0) is 11.3 Å². The van der Waals surface area contributed by atoms with E-state index in [9.17, 15) is 13.6 Å². The Morgan fingerprint density at radius 1 is 1.12 bits per heavy atom. The molecule has 0 saturated carbocycles. The number of carbonyl (C=O) groups is 1. The molecule has 0 N–H and O–H groups in total. The Hall–Kier alpha value is -3.95. The van der Waals surface area contributed by atoms with Crippen molar-refractivity contribution in [1.82, 2.24) is 24.5 Å². The normalized spacial score (nSPS) is 11.2. The number of nitrogens with zero attached hydrogens (tertiary/aromatic N) is 5. The maximum atomic E-state index is 15.0. The molecule has 8 nitrogen and oxygen atoms in total. The largest absolute Gasteiger partial charge is 0.467 e. The number of ether oxygens (including phenoxy) is 2. The predicted molar refractivity (Wildman–Crippen MR) is 116 cm³/mol. The number of aromatic nitrogens is 5. The van der Waals surface area contributed by atoms with Gasteiger partial charge in [-0.25, -0.2) is 18.6 Å². The molecule has 0 unspecified atom stereocenters. The zero-order valence-electron chi connectivity index (χ0n) is 18.5. The number of carbonyl (C=O) groups excluding carboxylic acids is 1. The molecule has 0 radical (unpaired) electrons. The van der Waals surface area contributed by atoms with Gasteiger partial charge in [0.1, 0.15) is 23.0 Å². The summed E-state index contributed by atoms with van der Waals surface area (Å²) < 4.78 is 40.8. The number of esters is 1. The first-order chi connectivity index (χ1) is 15.8. The van der Waals surface area contributed by atoms with Crippen molar-refractivity contribution in [2.45, 2.75) is 33.4 Å². The third-order valence-electron chi connectivity index (χ3n) is 4.85. The molecule has 170 valence electrons. The van der Waals surface area contributed by atoms with E-state index < -0.39 is 17.6 Å². The van der Waals surface area contributed by atoms with Gasteiger partial charge in [-0.2, -0.15) is 9.97 Å². The lowest BCUT2D eigenvalue weighted by molar-refractivity contribution is 0.0377. The molecule has 0 aliphatic rings. The summed E-state index contributed by atoms with van der Waals surface area (Å²) in [5.74, 6) is -1.41. The first-order valence-corrected chi connectivity index (χ1v) is 10.2. The van der Waals surface area contributed by atoms with Crippen LogP contribution in [0.15, 0.2) is 36.7 Å². The fourth-order valence-corrected chi connectivity index (χ4v) is 3.36. The third-order valence-corrected chi connectivity index (χ3v) is 4.85. The van der Waals surface area contributed by atoms with Crippen LogP contribution in [0.4, 0.5) is 8.78 Å². The maximum Gasteiger partial charge on any atom is 0.338 e. The van der Waals surface area contributed by atoms with E-state index in [-0.39, 0.29) is 29.8 Å². The lowest BCUT2D eigenvalue weighted by Crippen LogP contribution is -2.12. The second-order valence-corrected chi connectivity index (χ2v) is 7.64. The summed E-state index contributed by atoms with van der Waals surface area (Å²) >= 11 is 0. The van der Waals surface area contributed by atoms with Gasteiger partial charge in [-0.15, -0.1) is 0 Å². The fraction of sp³-hybridized carbons (Fsp3) is 0.261. The molecule has 1 aromatic carbocycles. The molecule has 0 bridgehead atoms. The molecule has 4 rings (SSSR count). The molecular weight excluding hydrogens is 432 g/mol. The highest BCUT2D eigenvalue weighted by molar-refractivity contribution is 5.89. The number of fused-ring (bicyclic) bond motifs is 1. The van der Waals surface area contributed by atoms with Crippen molar-refractivity contribution in [2.24, 2.45) is 0 Å². The van der Waals surface area contributed by atoms with Crippen LogP contribution in [0.2, 0.25) is 0 Å². The minimum atomic E-state index is -0.608. The average Bonchev–Trinajstić information content (AvgIpc) is 3.13. The van der Waals surface area contributed by atoms with Gasteiger partial charge in [-0.1, -0.05) is 6.07 Å². The Morgan fingerprint density at radius 3 is 2.58 bits per heavy atom. The van der Waals surface area contributed by atoms with E-state index in [0.29, 0.717) is 28.2 Å². The van der Waals surface area contributed by atoms with Crippen LogP contribution >= 0.6 is 0 Å². The Balaban J connectivity index is 1.83. The third kappa shape index (κ3) is 4.50. The van der Waals surface area contributed by atoms with Crippen molar-refractivity contribution >= 4 is 17.1 Å². The van der Waals surface area contributed by atoms with Gasteiger partial charge in [0, 0.05) is 17.3 Å². The number of methoxy groups -OCH3 is 1. The summed E-state index contributed by atoms with van der Waals surface area (Å²) in [5, 5.41) is 0. The van der Waals surface area contributed by atoms with Crippen molar-refractivity contribution in [1.29, 1.82) is 0 Å². The van der Waals surface area contributed by atoms with Crippen LogP contribution < -0.4 is 4.74 Å². The van der Waals surface area contributed by atoms with Gasteiger partial charge in [0.2, 0.25) is 0 Å². The van der Waals surface area contributed by atoms with Gasteiger partial charge < -0.3 is 14.0 Å². The first-order valence-electron chi connectivity index (χ1n) is 10.2. The molecule has 0 aliphatic heterocycles. The second-order valence-electron chi connectivity index (χ2n) is 7.64. The van der Waals surface area contributed by atoms with Gasteiger partial charge in [-0.3, -0.25) is 4.98 Å². The first kappa shape index (κ1) is 22.3. The van der Waals surface area contributed by atoms with E-state index >= 15 is 0 Å². The molecule has 0 amide bonds. The molecule has 0 atom stereocenters. The zero-order chi connectivity index (χ0) is 23.7. The molecule has 0 fully saturated rings. The molecule has 0 aliphatic carbocycles. The molecule has 0 spiro atoms. The van der Waals surface area contributed by atoms with Gasteiger partial charge in [-0.05, 0) is 39.0 Å². The zero-order valence-corrected chi connectivity index (χ0v) is 18.5. The lowest BCUT2D eigenvalue weighted by atomic mass is 10.1. The van der Waals surface area contributed by atoms with Crippen molar-refractivity contribution in [3.05, 3.63) is 65.1 Å². The number of imidazole rings is 1.